The van der Waals surface area contributed by atoms with Crippen molar-refractivity contribution in [2.24, 2.45) is 0 Å². The highest BCUT2D eigenvalue weighted by atomic mass is 32.2. The summed E-state index contributed by atoms with van der Waals surface area (Å²) in [6, 6.07) is 7.15. The normalized spacial score (nSPS) is 17.2. The number of fused-ring (bicyclic) bond motifs is 1. The topological polar surface area (TPSA) is 68.3 Å². The van der Waals surface area contributed by atoms with E-state index in [0.717, 1.165) is 23.4 Å². The van der Waals surface area contributed by atoms with E-state index < -0.39 is 27.1 Å². The average Bonchev–Trinajstić information content (AvgIpc) is 2.95. The lowest BCUT2D eigenvalue weighted by molar-refractivity contribution is -0.141. The van der Waals surface area contributed by atoms with Gasteiger partial charge in [-0.3, -0.25) is 4.98 Å². The van der Waals surface area contributed by atoms with Crippen LogP contribution >= 0.6 is 0 Å². The molecule has 0 unspecified atom stereocenters. The number of halogens is 3. The number of benzene rings is 1. The monoisotopic (exact) mass is 400 g/mol. The van der Waals surface area contributed by atoms with E-state index in [-0.39, 0.29) is 11.8 Å². The van der Waals surface area contributed by atoms with E-state index in [2.05, 4.69) is 9.71 Å². The Labute approximate surface area is 155 Å². The van der Waals surface area contributed by atoms with E-state index in [1.165, 1.54) is 6.07 Å². The molecule has 0 aliphatic heterocycles. The summed E-state index contributed by atoms with van der Waals surface area (Å²) in [7, 11) is -3.37. The molecule has 5 nitrogen and oxygen atoms in total. The average molecular weight is 400 g/mol. The van der Waals surface area contributed by atoms with Gasteiger partial charge in [0.1, 0.15) is 17.2 Å². The van der Waals surface area contributed by atoms with Crippen LogP contribution < -0.4 is 9.46 Å². The third-order valence-corrected chi connectivity index (χ3v) is 6.22. The van der Waals surface area contributed by atoms with Crippen LogP contribution in [-0.4, -0.2) is 24.7 Å². The molecule has 9 heteroatoms. The number of nitrogens with one attached hydrogen (secondary N) is 1. The Morgan fingerprint density at radius 3 is 2.44 bits per heavy atom. The number of nitrogens with zero attached hydrogens (tertiary/aromatic N) is 1. The molecule has 1 aliphatic rings. The first-order valence-electron chi connectivity index (χ1n) is 8.38. The highest BCUT2D eigenvalue weighted by Crippen LogP contribution is 2.33. The fourth-order valence-electron chi connectivity index (χ4n) is 2.88. The van der Waals surface area contributed by atoms with Gasteiger partial charge in [0.2, 0.25) is 10.0 Å². The molecule has 1 aliphatic carbocycles. The Morgan fingerprint density at radius 1 is 1.11 bits per heavy atom. The molecule has 0 spiro atoms. The molecule has 0 saturated heterocycles. The van der Waals surface area contributed by atoms with Crippen LogP contribution in [0, 0.1) is 0 Å². The number of ether oxygens (including phenoxy) is 1. The molecular formula is C18H19F3N2O3S. The molecule has 2 aromatic rings. The van der Waals surface area contributed by atoms with Crippen LogP contribution in [0.3, 0.4) is 0 Å². The van der Waals surface area contributed by atoms with Crippen molar-refractivity contribution in [2.75, 3.05) is 0 Å². The van der Waals surface area contributed by atoms with Gasteiger partial charge in [-0.15, -0.1) is 0 Å². The van der Waals surface area contributed by atoms with Crippen molar-refractivity contribution in [3.05, 3.63) is 53.3 Å². The summed E-state index contributed by atoms with van der Waals surface area (Å²) >= 11 is 0. The van der Waals surface area contributed by atoms with Crippen molar-refractivity contribution in [1.82, 2.24) is 9.71 Å². The third-order valence-electron chi connectivity index (χ3n) is 4.32. The number of hydrogen-bond donors (Lipinski definition) is 1. The lowest BCUT2D eigenvalue weighted by atomic mass is 10.1. The molecule has 146 valence electrons. The Hall–Kier alpha value is -2.13. The molecule has 0 saturated carbocycles. The number of rotatable bonds is 5. The van der Waals surface area contributed by atoms with E-state index in [4.69, 9.17) is 4.74 Å². The van der Waals surface area contributed by atoms with Gasteiger partial charge >= 0.3 is 6.18 Å². The predicted molar refractivity (Wildman–Crippen MR) is 94.1 cm³/mol. The Morgan fingerprint density at radius 2 is 1.78 bits per heavy atom. The Kier molecular flexibility index (Phi) is 5.18. The molecule has 0 fully saturated rings. The smallest absolute Gasteiger partial charge is 0.433 e. The molecule has 0 amide bonds. The highest BCUT2D eigenvalue weighted by molar-refractivity contribution is 7.90. The fourth-order valence-corrected chi connectivity index (χ4v) is 3.78. The molecule has 27 heavy (non-hydrogen) atoms. The fraction of sp³-hybridized carbons (Fsp3) is 0.389. The maximum atomic E-state index is 12.7. The first-order chi connectivity index (χ1) is 12.5. The first-order valence-corrected chi connectivity index (χ1v) is 9.93. The quantitative estimate of drug-likeness (QED) is 0.831. The second-order valence-corrected chi connectivity index (χ2v) is 8.99. The minimum Gasteiger partial charge on any atom is -0.457 e. The molecule has 3 rings (SSSR count). The van der Waals surface area contributed by atoms with Crippen LogP contribution in [0.4, 0.5) is 13.2 Å². The number of aromatic nitrogens is 1. The van der Waals surface area contributed by atoms with E-state index in [9.17, 15) is 21.6 Å². The highest BCUT2D eigenvalue weighted by Gasteiger charge is 2.33. The molecule has 1 aromatic carbocycles. The molecule has 0 radical (unpaired) electrons. The summed E-state index contributed by atoms with van der Waals surface area (Å²) in [6.45, 7) is 3.22. The minimum absolute atomic E-state index is 0.0346. The van der Waals surface area contributed by atoms with Crippen molar-refractivity contribution in [1.29, 1.82) is 0 Å². The van der Waals surface area contributed by atoms with Gasteiger partial charge in [-0.25, -0.2) is 13.1 Å². The largest absolute Gasteiger partial charge is 0.457 e. The maximum Gasteiger partial charge on any atom is 0.433 e. The van der Waals surface area contributed by atoms with Gasteiger partial charge in [0.05, 0.1) is 5.25 Å². The summed E-state index contributed by atoms with van der Waals surface area (Å²) < 4.78 is 70.5. The zero-order valence-corrected chi connectivity index (χ0v) is 15.6. The van der Waals surface area contributed by atoms with E-state index in [1.807, 2.05) is 0 Å². The van der Waals surface area contributed by atoms with Crippen LogP contribution in [-0.2, 0) is 29.0 Å². The van der Waals surface area contributed by atoms with E-state index in [0.29, 0.717) is 18.6 Å². The van der Waals surface area contributed by atoms with Crippen LogP contribution in [0.1, 0.15) is 30.7 Å². The van der Waals surface area contributed by atoms with Gasteiger partial charge in [-0.1, -0.05) is 6.07 Å². The van der Waals surface area contributed by atoms with Crippen molar-refractivity contribution in [3.8, 4) is 11.5 Å². The van der Waals surface area contributed by atoms with Gasteiger partial charge in [0, 0.05) is 18.3 Å². The van der Waals surface area contributed by atoms with Gasteiger partial charge in [0.15, 0.2) is 0 Å². The van der Waals surface area contributed by atoms with Crippen molar-refractivity contribution in [3.63, 3.8) is 0 Å². The zero-order chi connectivity index (χ0) is 19.8. The predicted octanol–water partition coefficient (Wildman–Crippen LogP) is 3.69. The molecule has 1 aromatic heterocycles. The maximum absolute atomic E-state index is 12.7. The molecule has 1 N–H and O–H groups in total. The van der Waals surface area contributed by atoms with Gasteiger partial charge in [0.25, 0.3) is 0 Å². The van der Waals surface area contributed by atoms with Crippen LogP contribution in [0.2, 0.25) is 0 Å². The second-order valence-electron chi connectivity index (χ2n) is 6.72. The third kappa shape index (κ3) is 4.59. The summed E-state index contributed by atoms with van der Waals surface area (Å²) in [4.78, 5) is 3.30. The second kappa shape index (κ2) is 7.12. The van der Waals surface area contributed by atoms with Gasteiger partial charge in [-0.2, -0.15) is 13.2 Å². The number of pyridine rings is 1. The van der Waals surface area contributed by atoms with Gasteiger partial charge < -0.3 is 4.74 Å². The standard InChI is InChI=1S/C18H19F3N2O3S/c1-11(2)27(24,25)23-14-7-12-3-4-15(9-13(12)8-14)26-16-5-6-22-17(10-16)18(19,20)21/h3-6,9-11,14,23H,7-8H2,1-2H3/t14-/m0/s1. The summed E-state index contributed by atoms with van der Waals surface area (Å²) in [5.74, 6) is 0.424. The van der Waals surface area contributed by atoms with Crippen molar-refractivity contribution >= 4 is 10.0 Å². The van der Waals surface area contributed by atoms with Crippen molar-refractivity contribution < 1.29 is 26.3 Å². The molecule has 1 heterocycles. The molecule has 0 bridgehead atoms. The Bertz CT molecular complexity index is 943. The summed E-state index contributed by atoms with van der Waals surface area (Å²) in [6.07, 6.45) is -2.43. The zero-order valence-electron chi connectivity index (χ0n) is 14.7. The number of hydrogen-bond acceptors (Lipinski definition) is 4. The summed E-state index contributed by atoms with van der Waals surface area (Å²) in [5, 5.41) is -0.519. The number of alkyl halides is 3. The summed E-state index contributed by atoms with van der Waals surface area (Å²) in [5.41, 5.74) is 0.878. The first kappa shape index (κ1) is 19.6. The van der Waals surface area contributed by atoms with E-state index >= 15 is 0 Å². The lowest BCUT2D eigenvalue weighted by Gasteiger charge is -2.14. The van der Waals surface area contributed by atoms with Crippen LogP contribution in [0.15, 0.2) is 36.5 Å². The van der Waals surface area contributed by atoms with Crippen LogP contribution in [0.5, 0.6) is 11.5 Å². The lowest BCUT2D eigenvalue weighted by Crippen LogP contribution is -2.39. The van der Waals surface area contributed by atoms with Crippen LogP contribution in [0.25, 0.3) is 0 Å². The SMILES string of the molecule is CC(C)S(=O)(=O)N[C@H]1Cc2ccc(Oc3ccnc(C(F)(F)F)c3)cc2C1. The molecular weight excluding hydrogens is 381 g/mol. The molecule has 1 atom stereocenters. The Balaban J connectivity index is 1.73. The number of sulfonamides is 1. The minimum atomic E-state index is -4.54. The van der Waals surface area contributed by atoms with Gasteiger partial charge in [-0.05, 0) is 56.0 Å². The van der Waals surface area contributed by atoms with Crippen molar-refractivity contribution in [2.45, 2.75) is 44.2 Å². The van der Waals surface area contributed by atoms with E-state index in [1.54, 1.807) is 32.0 Å².